The van der Waals surface area contributed by atoms with Gasteiger partial charge in [-0.1, -0.05) is 6.07 Å². The summed E-state index contributed by atoms with van der Waals surface area (Å²) in [7, 11) is 0. The van der Waals surface area contributed by atoms with E-state index in [-0.39, 0.29) is 11.5 Å². The highest BCUT2D eigenvalue weighted by atomic mass is 16.5. The van der Waals surface area contributed by atoms with Crippen LogP contribution in [0.3, 0.4) is 0 Å². The molecule has 1 amide bonds. The largest absolute Gasteiger partial charge is 0.476 e. The first kappa shape index (κ1) is 13.2. The van der Waals surface area contributed by atoms with E-state index in [2.05, 4.69) is 15.3 Å². The number of hydrogen-bond acceptors (Lipinski definition) is 5. The zero-order valence-electron chi connectivity index (χ0n) is 10.9. The number of carbonyl (C=O) groups is 2. The molecule has 0 atom stereocenters. The summed E-state index contributed by atoms with van der Waals surface area (Å²) in [5.74, 6) is -1.76. The molecule has 7 heteroatoms. The molecule has 0 unspecified atom stereocenters. The fourth-order valence-corrected chi connectivity index (χ4v) is 2.08. The Morgan fingerprint density at radius 2 is 1.90 bits per heavy atom. The smallest absolute Gasteiger partial charge is 0.358 e. The van der Waals surface area contributed by atoms with Gasteiger partial charge in [-0.05, 0) is 23.3 Å². The number of carbonyl (C=O) groups excluding carboxylic acids is 1. The highest BCUT2D eigenvalue weighted by Crippen LogP contribution is 2.21. The molecule has 0 radical (unpaired) electrons. The van der Waals surface area contributed by atoms with E-state index in [0.29, 0.717) is 18.8 Å². The van der Waals surface area contributed by atoms with E-state index in [1.807, 2.05) is 6.07 Å². The number of carboxylic acid groups (broad SMARTS) is 1. The Bertz CT molecular complexity index is 730. The predicted octanol–water partition coefficient (Wildman–Crippen LogP) is 1.46. The maximum Gasteiger partial charge on any atom is 0.358 e. The zero-order chi connectivity index (χ0) is 14.8. The second-order valence-corrected chi connectivity index (χ2v) is 4.49. The second-order valence-electron chi connectivity index (χ2n) is 4.49. The molecule has 2 aromatic rings. The molecule has 0 aliphatic carbocycles. The third kappa shape index (κ3) is 2.59. The lowest BCUT2D eigenvalue weighted by molar-refractivity contribution is 0.0691. The van der Waals surface area contributed by atoms with Gasteiger partial charge in [0.05, 0.1) is 13.2 Å². The van der Waals surface area contributed by atoms with Crippen molar-refractivity contribution in [3.8, 4) is 0 Å². The number of amides is 1. The van der Waals surface area contributed by atoms with Crippen molar-refractivity contribution < 1.29 is 19.4 Å². The minimum absolute atomic E-state index is 0.0771. The molecule has 2 heterocycles. The molecule has 1 aliphatic heterocycles. The minimum Gasteiger partial charge on any atom is -0.476 e. The third-order valence-electron chi connectivity index (χ3n) is 3.12. The number of nitrogens with one attached hydrogen (secondary N) is 1. The van der Waals surface area contributed by atoms with Crippen LogP contribution in [0.25, 0.3) is 0 Å². The quantitative estimate of drug-likeness (QED) is 0.885. The van der Waals surface area contributed by atoms with Gasteiger partial charge in [0.25, 0.3) is 5.91 Å². The van der Waals surface area contributed by atoms with Crippen molar-refractivity contribution >= 4 is 17.7 Å². The standard InChI is InChI=1S/C14H11N3O4/c18-13(8-1-2-9-6-21-7-10(9)5-8)17-12-11(14(19)20)15-3-4-16-12/h1-5H,6-7H2,(H,19,20)(H,16,17,18). The van der Waals surface area contributed by atoms with Gasteiger partial charge >= 0.3 is 5.97 Å². The number of ether oxygens (including phenoxy) is 1. The molecule has 1 aromatic heterocycles. The number of nitrogens with zero attached hydrogens (tertiary/aromatic N) is 2. The molecule has 0 bridgehead atoms. The summed E-state index contributed by atoms with van der Waals surface area (Å²) < 4.78 is 5.29. The van der Waals surface area contributed by atoms with Crippen molar-refractivity contribution in [1.29, 1.82) is 0 Å². The van der Waals surface area contributed by atoms with E-state index in [1.54, 1.807) is 12.1 Å². The van der Waals surface area contributed by atoms with Crippen LogP contribution in [0.2, 0.25) is 0 Å². The van der Waals surface area contributed by atoms with E-state index in [1.165, 1.54) is 12.4 Å². The fraction of sp³-hybridized carbons (Fsp3) is 0.143. The monoisotopic (exact) mass is 285 g/mol. The van der Waals surface area contributed by atoms with Crippen molar-refractivity contribution in [1.82, 2.24) is 9.97 Å². The van der Waals surface area contributed by atoms with Gasteiger partial charge in [-0.2, -0.15) is 0 Å². The van der Waals surface area contributed by atoms with Crippen LogP contribution in [0.15, 0.2) is 30.6 Å². The van der Waals surface area contributed by atoms with Crippen molar-refractivity contribution in [2.24, 2.45) is 0 Å². The van der Waals surface area contributed by atoms with Crippen LogP contribution in [0.1, 0.15) is 32.0 Å². The van der Waals surface area contributed by atoms with Crippen LogP contribution < -0.4 is 5.32 Å². The summed E-state index contributed by atoms with van der Waals surface area (Å²) in [5, 5.41) is 11.5. The summed E-state index contributed by atoms with van der Waals surface area (Å²) in [6, 6.07) is 5.22. The Hall–Kier alpha value is -2.80. The highest BCUT2D eigenvalue weighted by Gasteiger charge is 2.18. The zero-order valence-corrected chi connectivity index (χ0v) is 10.9. The first-order valence-corrected chi connectivity index (χ1v) is 6.20. The average molecular weight is 285 g/mol. The second kappa shape index (κ2) is 5.29. The van der Waals surface area contributed by atoms with Gasteiger partial charge in [0.2, 0.25) is 0 Å². The summed E-state index contributed by atoms with van der Waals surface area (Å²) in [6.45, 7) is 1.02. The summed E-state index contributed by atoms with van der Waals surface area (Å²) in [6.07, 6.45) is 2.57. The number of benzene rings is 1. The molecule has 0 saturated heterocycles. The fourth-order valence-electron chi connectivity index (χ4n) is 2.08. The molecule has 0 fully saturated rings. The van der Waals surface area contributed by atoms with Gasteiger partial charge in [-0.25, -0.2) is 14.8 Å². The lowest BCUT2D eigenvalue weighted by Crippen LogP contribution is -2.17. The molecule has 106 valence electrons. The van der Waals surface area contributed by atoms with E-state index < -0.39 is 11.9 Å². The van der Waals surface area contributed by atoms with Crippen molar-refractivity contribution in [2.75, 3.05) is 5.32 Å². The normalized spacial score (nSPS) is 12.8. The predicted molar refractivity (Wildman–Crippen MR) is 71.9 cm³/mol. The van der Waals surface area contributed by atoms with E-state index >= 15 is 0 Å². The van der Waals surface area contributed by atoms with Gasteiger partial charge < -0.3 is 15.2 Å². The number of carboxylic acids is 1. The Morgan fingerprint density at radius 3 is 2.71 bits per heavy atom. The number of aromatic carboxylic acids is 1. The Balaban J connectivity index is 1.85. The Labute approximate surface area is 119 Å². The first-order chi connectivity index (χ1) is 10.1. The van der Waals surface area contributed by atoms with Crippen LogP contribution in [-0.4, -0.2) is 27.0 Å². The van der Waals surface area contributed by atoms with Gasteiger partial charge in [0, 0.05) is 18.0 Å². The van der Waals surface area contributed by atoms with Gasteiger partial charge in [0.1, 0.15) is 0 Å². The molecular weight excluding hydrogens is 274 g/mol. The molecule has 1 aliphatic rings. The molecule has 0 spiro atoms. The molecule has 21 heavy (non-hydrogen) atoms. The number of anilines is 1. The lowest BCUT2D eigenvalue weighted by Gasteiger charge is -2.07. The molecule has 7 nitrogen and oxygen atoms in total. The SMILES string of the molecule is O=C(Nc1nccnc1C(=O)O)c1ccc2c(c1)COC2. The number of fused-ring (bicyclic) bond motifs is 1. The summed E-state index contributed by atoms with van der Waals surface area (Å²) in [5.41, 5.74) is 2.13. The molecule has 1 aromatic carbocycles. The number of aromatic nitrogens is 2. The first-order valence-electron chi connectivity index (χ1n) is 6.20. The Kier molecular flexibility index (Phi) is 3.33. The van der Waals surface area contributed by atoms with Gasteiger partial charge in [-0.15, -0.1) is 0 Å². The molecule has 3 rings (SSSR count). The van der Waals surface area contributed by atoms with Crippen molar-refractivity contribution in [3.05, 3.63) is 53.0 Å². The van der Waals surface area contributed by atoms with Gasteiger partial charge in [0.15, 0.2) is 11.5 Å². The lowest BCUT2D eigenvalue weighted by atomic mass is 10.1. The highest BCUT2D eigenvalue weighted by molar-refractivity contribution is 6.06. The topological polar surface area (TPSA) is 101 Å². The maximum absolute atomic E-state index is 12.2. The van der Waals surface area contributed by atoms with Crippen molar-refractivity contribution in [2.45, 2.75) is 13.2 Å². The third-order valence-corrected chi connectivity index (χ3v) is 3.12. The van der Waals surface area contributed by atoms with Crippen LogP contribution in [0.5, 0.6) is 0 Å². The Morgan fingerprint density at radius 1 is 1.14 bits per heavy atom. The maximum atomic E-state index is 12.2. The van der Waals surface area contributed by atoms with E-state index in [4.69, 9.17) is 9.84 Å². The van der Waals surface area contributed by atoms with Crippen LogP contribution in [-0.2, 0) is 18.0 Å². The van der Waals surface area contributed by atoms with E-state index in [0.717, 1.165) is 11.1 Å². The molecule has 0 saturated carbocycles. The van der Waals surface area contributed by atoms with E-state index in [9.17, 15) is 9.59 Å². The minimum atomic E-state index is -1.25. The van der Waals surface area contributed by atoms with Crippen LogP contribution in [0, 0.1) is 0 Å². The van der Waals surface area contributed by atoms with Crippen LogP contribution in [0.4, 0.5) is 5.82 Å². The average Bonchev–Trinajstić information content (AvgIpc) is 2.94. The summed E-state index contributed by atoms with van der Waals surface area (Å²) >= 11 is 0. The van der Waals surface area contributed by atoms with Crippen LogP contribution >= 0.6 is 0 Å². The molecule has 2 N–H and O–H groups in total. The molecular formula is C14H11N3O4. The van der Waals surface area contributed by atoms with Gasteiger partial charge in [-0.3, -0.25) is 4.79 Å². The summed E-state index contributed by atoms with van der Waals surface area (Å²) in [4.78, 5) is 30.7. The van der Waals surface area contributed by atoms with Crippen molar-refractivity contribution in [3.63, 3.8) is 0 Å². The number of rotatable bonds is 3. The number of hydrogen-bond donors (Lipinski definition) is 2.